The molecule has 1 atom stereocenters. The molecule has 2 fully saturated rings. The second-order valence-corrected chi connectivity index (χ2v) is 10.2. The third-order valence-electron chi connectivity index (χ3n) is 6.39. The Bertz CT molecular complexity index is 1040. The highest BCUT2D eigenvalue weighted by Gasteiger charge is 2.31. The van der Waals surface area contributed by atoms with Crippen molar-refractivity contribution in [3.63, 3.8) is 0 Å². The molecule has 1 aromatic carbocycles. The van der Waals surface area contributed by atoms with Crippen LogP contribution < -0.4 is 0 Å². The Kier molecular flexibility index (Phi) is 7.23. The molecule has 0 bridgehead atoms. The standard InChI is InChI=1S/C24H31N3O4S/c1-2-19-7-8-21(18-23(19)32(29,30)26-14-16-31-17-15-26)24(28)27-13-5-3-4-6-22(27)20-9-11-25-12-10-20/h7-12,18,22H,2-6,13-17H2,1H3. The number of aromatic nitrogens is 1. The summed E-state index contributed by atoms with van der Waals surface area (Å²) in [6, 6.07) is 9.04. The Morgan fingerprint density at radius 2 is 1.81 bits per heavy atom. The zero-order chi connectivity index (χ0) is 22.6. The number of carbonyl (C=O) groups is 1. The summed E-state index contributed by atoms with van der Waals surface area (Å²) in [7, 11) is -3.69. The summed E-state index contributed by atoms with van der Waals surface area (Å²) in [5.41, 5.74) is 2.23. The van der Waals surface area contributed by atoms with Crippen LogP contribution in [0.15, 0.2) is 47.6 Å². The van der Waals surface area contributed by atoms with Gasteiger partial charge in [-0.3, -0.25) is 9.78 Å². The van der Waals surface area contributed by atoms with Crippen LogP contribution >= 0.6 is 0 Å². The van der Waals surface area contributed by atoms with Crippen molar-refractivity contribution in [3.8, 4) is 0 Å². The maximum absolute atomic E-state index is 13.7. The van der Waals surface area contributed by atoms with Gasteiger partial charge in [0.2, 0.25) is 10.0 Å². The minimum atomic E-state index is -3.69. The van der Waals surface area contributed by atoms with Crippen molar-refractivity contribution in [1.29, 1.82) is 0 Å². The Morgan fingerprint density at radius 1 is 1.06 bits per heavy atom. The zero-order valence-corrected chi connectivity index (χ0v) is 19.4. The molecule has 0 saturated carbocycles. The minimum Gasteiger partial charge on any atom is -0.379 e. The number of carbonyl (C=O) groups excluding carboxylic acids is 1. The van der Waals surface area contributed by atoms with Gasteiger partial charge >= 0.3 is 0 Å². The van der Waals surface area contributed by atoms with E-state index < -0.39 is 10.0 Å². The van der Waals surface area contributed by atoms with Gasteiger partial charge in [0, 0.05) is 37.6 Å². The van der Waals surface area contributed by atoms with E-state index in [1.807, 2.05) is 24.0 Å². The van der Waals surface area contributed by atoms with Gasteiger partial charge in [0.1, 0.15) is 0 Å². The Labute approximate surface area is 190 Å². The van der Waals surface area contributed by atoms with Crippen LogP contribution in [-0.2, 0) is 21.2 Å². The van der Waals surface area contributed by atoms with Gasteiger partial charge < -0.3 is 9.64 Å². The van der Waals surface area contributed by atoms with Crippen LogP contribution in [0.2, 0.25) is 0 Å². The molecule has 1 unspecified atom stereocenters. The second-order valence-electron chi connectivity index (χ2n) is 8.34. The summed E-state index contributed by atoms with van der Waals surface area (Å²) >= 11 is 0. The first-order chi connectivity index (χ1) is 15.5. The predicted octanol–water partition coefficient (Wildman–Crippen LogP) is 3.42. The number of nitrogens with zero attached hydrogens (tertiary/aromatic N) is 3. The molecule has 2 saturated heterocycles. The van der Waals surface area contributed by atoms with Crippen molar-refractivity contribution >= 4 is 15.9 Å². The molecular formula is C24H31N3O4S. The first-order valence-corrected chi connectivity index (χ1v) is 12.9. The van der Waals surface area contributed by atoms with Gasteiger partial charge in [-0.1, -0.05) is 25.8 Å². The number of benzene rings is 1. The molecule has 1 aromatic heterocycles. The third kappa shape index (κ3) is 4.72. The van der Waals surface area contributed by atoms with E-state index in [2.05, 4.69) is 4.98 Å². The van der Waals surface area contributed by atoms with E-state index in [1.54, 1.807) is 30.6 Å². The molecule has 3 heterocycles. The molecule has 2 aliphatic rings. The van der Waals surface area contributed by atoms with Gasteiger partial charge in [-0.2, -0.15) is 4.31 Å². The molecule has 0 N–H and O–H groups in total. The summed E-state index contributed by atoms with van der Waals surface area (Å²) in [5.74, 6) is -0.116. The molecule has 32 heavy (non-hydrogen) atoms. The lowest BCUT2D eigenvalue weighted by atomic mass is 10.0. The SMILES string of the molecule is CCc1ccc(C(=O)N2CCCCCC2c2ccncc2)cc1S(=O)(=O)N1CCOCC1. The molecule has 1 amide bonds. The van der Waals surface area contributed by atoms with E-state index in [9.17, 15) is 13.2 Å². The topological polar surface area (TPSA) is 79.8 Å². The molecule has 0 aliphatic carbocycles. The fraction of sp³-hybridized carbons (Fsp3) is 0.500. The number of likely N-dealkylation sites (tertiary alicyclic amines) is 1. The summed E-state index contributed by atoms with van der Waals surface area (Å²) in [6.45, 7) is 4.04. The van der Waals surface area contributed by atoms with E-state index in [4.69, 9.17) is 4.74 Å². The van der Waals surface area contributed by atoms with E-state index in [0.717, 1.165) is 36.8 Å². The monoisotopic (exact) mass is 457 g/mol. The van der Waals surface area contributed by atoms with Gasteiger partial charge in [0.25, 0.3) is 5.91 Å². The summed E-state index contributed by atoms with van der Waals surface area (Å²) < 4.78 is 33.6. The number of amides is 1. The first kappa shape index (κ1) is 22.9. The molecule has 2 aliphatic heterocycles. The van der Waals surface area contributed by atoms with E-state index in [1.165, 1.54) is 4.31 Å². The molecule has 8 heteroatoms. The van der Waals surface area contributed by atoms with Crippen molar-refractivity contribution < 1.29 is 17.9 Å². The lowest BCUT2D eigenvalue weighted by Crippen LogP contribution is -2.41. The lowest BCUT2D eigenvalue weighted by molar-refractivity contribution is 0.0680. The van der Waals surface area contributed by atoms with Crippen LogP contribution in [0.5, 0.6) is 0 Å². The summed E-state index contributed by atoms with van der Waals surface area (Å²) in [6.07, 6.45) is 8.06. The van der Waals surface area contributed by atoms with Gasteiger partial charge in [0.15, 0.2) is 0 Å². The second kappa shape index (κ2) is 10.1. The molecule has 4 rings (SSSR count). The van der Waals surface area contributed by atoms with Crippen molar-refractivity contribution in [2.24, 2.45) is 0 Å². The average Bonchev–Trinajstić information content (AvgIpc) is 3.10. The summed E-state index contributed by atoms with van der Waals surface area (Å²) in [4.78, 5) is 19.9. The smallest absolute Gasteiger partial charge is 0.254 e. The minimum absolute atomic E-state index is 0.0295. The predicted molar refractivity (Wildman–Crippen MR) is 122 cm³/mol. The van der Waals surface area contributed by atoms with Gasteiger partial charge in [-0.05, 0) is 54.7 Å². The number of morpholine rings is 1. The zero-order valence-electron chi connectivity index (χ0n) is 18.6. The van der Waals surface area contributed by atoms with Gasteiger partial charge in [0.05, 0.1) is 24.2 Å². The van der Waals surface area contributed by atoms with Crippen molar-refractivity contribution in [2.45, 2.75) is 50.0 Å². The largest absolute Gasteiger partial charge is 0.379 e. The number of pyridine rings is 1. The molecule has 2 aromatic rings. The van der Waals surface area contributed by atoms with Crippen LogP contribution in [0, 0.1) is 0 Å². The van der Waals surface area contributed by atoms with Crippen LogP contribution in [-0.4, -0.2) is 61.4 Å². The molecule has 0 radical (unpaired) electrons. The quantitative estimate of drug-likeness (QED) is 0.687. The number of aryl methyl sites for hydroxylation is 1. The molecular weight excluding hydrogens is 426 g/mol. The van der Waals surface area contributed by atoms with E-state index in [0.29, 0.717) is 44.8 Å². The highest BCUT2D eigenvalue weighted by molar-refractivity contribution is 7.89. The maximum Gasteiger partial charge on any atom is 0.254 e. The molecule has 7 nitrogen and oxygen atoms in total. The fourth-order valence-corrected chi connectivity index (χ4v) is 6.32. The van der Waals surface area contributed by atoms with Gasteiger partial charge in [-0.15, -0.1) is 0 Å². The highest BCUT2D eigenvalue weighted by atomic mass is 32.2. The Morgan fingerprint density at radius 3 is 2.53 bits per heavy atom. The van der Waals surface area contributed by atoms with Crippen molar-refractivity contribution in [2.75, 3.05) is 32.8 Å². The first-order valence-electron chi connectivity index (χ1n) is 11.4. The van der Waals surface area contributed by atoms with E-state index in [-0.39, 0.29) is 16.8 Å². The van der Waals surface area contributed by atoms with Crippen LogP contribution in [0.25, 0.3) is 0 Å². The summed E-state index contributed by atoms with van der Waals surface area (Å²) in [5, 5.41) is 0. The average molecular weight is 458 g/mol. The van der Waals surface area contributed by atoms with Gasteiger partial charge in [-0.25, -0.2) is 8.42 Å². The normalized spacial score (nSPS) is 20.7. The Hall–Kier alpha value is -2.29. The van der Waals surface area contributed by atoms with Crippen molar-refractivity contribution in [1.82, 2.24) is 14.2 Å². The van der Waals surface area contributed by atoms with E-state index >= 15 is 0 Å². The fourth-order valence-electron chi connectivity index (χ4n) is 4.60. The number of sulfonamides is 1. The number of ether oxygens (including phenoxy) is 1. The van der Waals surface area contributed by atoms with Crippen molar-refractivity contribution in [3.05, 3.63) is 59.4 Å². The van der Waals surface area contributed by atoms with Crippen LogP contribution in [0.4, 0.5) is 0 Å². The number of rotatable bonds is 5. The Balaban J connectivity index is 1.69. The number of hydrogen-bond donors (Lipinski definition) is 0. The third-order valence-corrected chi connectivity index (χ3v) is 8.37. The molecule has 172 valence electrons. The highest BCUT2D eigenvalue weighted by Crippen LogP contribution is 2.32. The van der Waals surface area contributed by atoms with Crippen LogP contribution in [0.3, 0.4) is 0 Å². The lowest BCUT2D eigenvalue weighted by Gasteiger charge is -2.31. The van der Waals surface area contributed by atoms with Crippen LogP contribution in [0.1, 0.15) is 60.1 Å². The molecule has 0 spiro atoms. The number of hydrogen-bond acceptors (Lipinski definition) is 5. The maximum atomic E-state index is 13.7.